The molecule has 47 heavy (non-hydrogen) atoms. The second-order valence-corrected chi connectivity index (χ2v) is 13.4. The second-order valence-electron chi connectivity index (χ2n) is 13.4. The maximum Gasteiger partial charge on any atom is 0.420 e. The van der Waals surface area contributed by atoms with Gasteiger partial charge in [-0.2, -0.15) is 18.3 Å². The molecule has 10 nitrogen and oxygen atoms in total. The number of hydrogen-bond acceptors (Lipinski definition) is 6. The van der Waals surface area contributed by atoms with Crippen LogP contribution in [0, 0.1) is 11.7 Å². The van der Waals surface area contributed by atoms with Gasteiger partial charge in [-0.25, -0.2) is 18.7 Å². The van der Waals surface area contributed by atoms with E-state index in [4.69, 9.17) is 4.74 Å². The predicted octanol–water partition coefficient (Wildman–Crippen LogP) is 6.09. The highest BCUT2D eigenvalue weighted by atomic mass is 19.4. The number of alkyl carbamates (subject to hydrolysis) is 1. The van der Waals surface area contributed by atoms with E-state index in [2.05, 4.69) is 15.4 Å². The lowest BCUT2D eigenvalue weighted by atomic mass is 9.84. The Hall–Kier alpha value is -4.23. The molecular weight excluding hydrogens is 620 g/mol. The second kappa shape index (κ2) is 13.5. The van der Waals surface area contributed by atoms with Gasteiger partial charge in [0.2, 0.25) is 5.91 Å². The first kappa shape index (κ1) is 34.1. The van der Waals surface area contributed by atoms with Gasteiger partial charge in [0, 0.05) is 31.2 Å². The number of halogens is 4. The van der Waals surface area contributed by atoms with Gasteiger partial charge >= 0.3 is 12.3 Å². The number of ether oxygens (including phenoxy) is 1. The van der Waals surface area contributed by atoms with Gasteiger partial charge in [0.1, 0.15) is 28.7 Å². The molecule has 5 rings (SSSR count). The standard InChI is InChI=1S/C33H40F4N6O4/c1-20-18-41(14-15-42(20)30(45)26(16-21-8-6-5-7-9-21)39-31(46)47-32(2,3)4)29(44)27-19-43-28(38-27)24(33(35,36)37)17-25(40-43)22-10-12-23(34)13-11-22/h10-13,17,19-21,26H,5-9,14-16,18H2,1-4H3,(H,39,46)/t20-,26+/m0/s1. The fraction of sp³-hybridized carbons (Fsp3) is 0.545. The number of aromatic nitrogens is 3. The Morgan fingerprint density at radius 2 is 1.72 bits per heavy atom. The van der Waals surface area contributed by atoms with E-state index in [1.54, 1.807) is 32.6 Å². The number of imidazole rings is 1. The SMILES string of the molecule is C[C@H]1CN(C(=O)c2cn3nc(-c4ccc(F)cc4)cc(C(F)(F)F)c3n2)CCN1C(=O)[C@@H](CC1CCCCC1)NC(=O)OC(C)(C)C. The molecule has 0 spiro atoms. The third-order valence-electron chi connectivity index (χ3n) is 8.57. The predicted molar refractivity (Wildman–Crippen MR) is 165 cm³/mol. The zero-order valence-corrected chi connectivity index (χ0v) is 26.9. The summed E-state index contributed by atoms with van der Waals surface area (Å²) in [5.41, 5.74) is -2.39. The number of hydrogen-bond donors (Lipinski definition) is 1. The molecule has 14 heteroatoms. The van der Waals surface area contributed by atoms with E-state index < -0.39 is 52.9 Å². The molecule has 2 atom stereocenters. The van der Waals surface area contributed by atoms with Crippen LogP contribution in [0.1, 0.15) is 82.3 Å². The van der Waals surface area contributed by atoms with Crippen molar-refractivity contribution in [3.63, 3.8) is 0 Å². The maximum atomic E-state index is 14.1. The number of carbonyl (C=O) groups excluding carboxylic acids is 3. The van der Waals surface area contributed by atoms with Crippen LogP contribution in [0.5, 0.6) is 0 Å². The molecule has 3 heterocycles. The number of nitrogens with zero attached hydrogens (tertiary/aromatic N) is 5. The van der Waals surface area contributed by atoms with Crippen LogP contribution in [0.25, 0.3) is 16.9 Å². The van der Waals surface area contributed by atoms with Crippen molar-refractivity contribution >= 4 is 23.6 Å². The monoisotopic (exact) mass is 660 g/mol. The number of benzene rings is 1. The lowest BCUT2D eigenvalue weighted by molar-refractivity contribution is -0.138. The zero-order valence-electron chi connectivity index (χ0n) is 26.9. The van der Waals surface area contributed by atoms with Crippen LogP contribution in [-0.4, -0.2) is 79.6 Å². The van der Waals surface area contributed by atoms with Crippen molar-refractivity contribution in [3.05, 3.63) is 53.6 Å². The van der Waals surface area contributed by atoms with Crippen LogP contribution in [0.15, 0.2) is 36.5 Å². The normalized spacial score (nSPS) is 18.7. The molecule has 2 fully saturated rings. The summed E-state index contributed by atoms with van der Waals surface area (Å²) in [7, 11) is 0. The van der Waals surface area contributed by atoms with Gasteiger partial charge < -0.3 is 19.9 Å². The van der Waals surface area contributed by atoms with E-state index in [0.717, 1.165) is 61.0 Å². The molecule has 2 aromatic heterocycles. The summed E-state index contributed by atoms with van der Waals surface area (Å²) < 4.78 is 62.0. The summed E-state index contributed by atoms with van der Waals surface area (Å²) in [6.45, 7) is 7.41. The van der Waals surface area contributed by atoms with Crippen molar-refractivity contribution in [3.8, 4) is 11.3 Å². The number of piperazine rings is 1. The van der Waals surface area contributed by atoms with E-state index in [-0.39, 0.29) is 42.5 Å². The van der Waals surface area contributed by atoms with Crippen LogP contribution in [0.2, 0.25) is 0 Å². The molecule has 3 aromatic rings. The van der Waals surface area contributed by atoms with Crippen LogP contribution in [0.3, 0.4) is 0 Å². The van der Waals surface area contributed by atoms with Crippen molar-refractivity contribution in [2.24, 2.45) is 5.92 Å². The number of nitrogens with one attached hydrogen (secondary N) is 1. The lowest BCUT2D eigenvalue weighted by Gasteiger charge is -2.41. The van der Waals surface area contributed by atoms with Gasteiger partial charge in [0.25, 0.3) is 5.91 Å². The third kappa shape index (κ3) is 8.20. The quantitative estimate of drug-likeness (QED) is 0.321. The van der Waals surface area contributed by atoms with Crippen LogP contribution < -0.4 is 5.32 Å². The first-order chi connectivity index (χ1) is 22.1. The van der Waals surface area contributed by atoms with E-state index in [1.807, 2.05) is 0 Å². The minimum atomic E-state index is -4.80. The molecule has 1 saturated carbocycles. The lowest BCUT2D eigenvalue weighted by Crippen LogP contribution is -2.60. The molecule has 0 radical (unpaired) electrons. The summed E-state index contributed by atoms with van der Waals surface area (Å²) in [6, 6.07) is 4.46. The summed E-state index contributed by atoms with van der Waals surface area (Å²) in [5.74, 6) is -1.12. The van der Waals surface area contributed by atoms with Crippen molar-refractivity contribution in [1.29, 1.82) is 0 Å². The molecule has 0 unspecified atom stereocenters. The number of alkyl halides is 3. The van der Waals surface area contributed by atoms with Crippen molar-refractivity contribution in [2.75, 3.05) is 19.6 Å². The van der Waals surface area contributed by atoms with E-state index >= 15 is 0 Å². The first-order valence-electron chi connectivity index (χ1n) is 15.9. The van der Waals surface area contributed by atoms with Gasteiger partial charge in [-0.1, -0.05) is 32.1 Å². The summed E-state index contributed by atoms with van der Waals surface area (Å²) in [4.78, 5) is 47.2. The molecule has 2 aliphatic rings. The first-order valence-corrected chi connectivity index (χ1v) is 15.9. The Labute approximate surface area is 270 Å². The number of carbonyl (C=O) groups is 3. The van der Waals surface area contributed by atoms with Crippen molar-refractivity contribution in [2.45, 2.75) is 90.1 Å². The summed E-state index contributed by atoms with van der Waals surface area (Å²) in [6.07, 6.45) is 1.42. The largest absolute Gasteiger partial charge is 0.444 e. The molecule has 0 bridgehead atoms. The Balaban J connectivity index is 1.33. The van der Waals surface area contributed by atoms with Gasteiger partial charge in [-0.05, 0) is 70.4 Å². The maximum absolute atomic E-state index is 14.1. The van der Waals surface area contributed by atoms with E-state index in [0.29, 0.717) is 12.3 Å². The molecule has 1 aromatic carbocycles. The minimum absolute atomic E-state index is 0.0651. The Morgan fingerprint density at radius 3 is 2.34 bits per heavy atom. The number of amides is 3. The topological polar surface area (TPSA) is 109 Å². The van der Waals surface area contributed by atoms with Gasteiger partial charge in [-0.15, -0.1) is 0 Å². The number of rotatable bonds is 6. The van der Waals surface area contributed by atoms with Gasteiger partial charge in [0.05, 0.1) is 11.9 Å². The van der Waals surface area contributed by atoms with Gasteiger partial charge in [-0.3, -0.25) is 9.59 Å². The van der Waals surface area contributed by atoms with Crippen LogP contribution >= 0.6 is 0 Å². The van der Waals surface area contributed by atoms with Crippen LogP contribution in [-0.2, 0) is 15.7 Å². The Kier molecular flexibility index (Phi) is 9.78. The minimum Gasteiger partial charge on any atom is -0.444 e. The average molecular weight is 661 g/mol. The molecule has 1 saturated heterocycles. The smallest absolute Gasteiger partial charge is 0.420 e. The third-order valence-corrected chi connectivity index (χ3v) is 8.57. The average Bonchev–Trinajstić information content (AvgIpc) is 3.43. The number of fused-ring (bicyclic) bond motifs is 1. The molecule has 254 valence electrons. The Bertz CT molecular complexity index is 1610. The zero-order chi connectivity index (χ0) is 34.1. The highest BCUT2D eigenvalue weighted by Crippen LogP contribution is 2.35. The molecule has 1 N–H and O–H groups in total. The fourth-order valence-electron chi connectivity index (χ4n) is 6.31. The van der Waals surface area contributed by atoms with E-state index in [9.17, 15) is 31.9 Å². The summed E-state index contributed by atoms with van der Waals surface area (Å²) in [5, 5.41) is 7.01. The van der Waals surface area contributed by atoms with E-state index in [1.165, 1.54) is 17.0 Å². The van der Waals surface area contributed by atoms with Crippen molar-refractivity contribution < 1.29 is 36.7 Å². The molecule has 3 amide bonds. The van der Waals surface area contributed by atoms with Crippen molar-refractivity contribution in [1.82, 2.24) is 29.7 Å². The molecule has 1 aliphatic heterocycles. The highest BCUT2D eigenvalue weighted by Gasteiger charge is 2.38. The summed E-state index contributed by atoms with van der Waals surface area (Å²) >= 11 is 0. The fourth-order valence-corrected chi connectivity index (χ4v) is 6.31. The highest BCUT2D eigenvalue weighted by molar-refractivity contribution is 5.93. The molecule has 1 aliphatic carbocycles. The van der Waals surface area contributed by atoms with Gasteiger partial charge in [0.15, 0.2) is 5.65 Å². The Morgan fingerprint density at radius 1 is 1.04 bits per heavy atom. The molecular formula is C33H40F4N6O4. The van der Waals surface area contributed by atoms with Crippen LogP contribution in [0.4, 0.5) is 22.4 Å².